The number of carbonyl (C=O) groups excluding carboxylic acids is 1. The Labute approximate surface area is 114 Å². The SMILES string of the molecule is CCOC(C)O[C@H]1CC(=O)N(Cc2ccccc2)C1. The van der Waals surface area contributed by atoms with Crippen molar-refractivity contribution in [2.75, 3.05) is 13.2 Å². The summed E-state index contributed by atoms with van der Waals surface area (Å²) in [5.41, 5.74) is 1.15. The van der Waals surface area contributed by atoms with Gasteiger partial charge in [-0.15, -0.1) is 0 Å². The molecule has 0 spiro atoms. The zero-order chi connectivity index (χ0) is 13.7. The van der Waals surface area contributed by atoms with Crippen molar-refractivity contribution in [2.24, 2.45) is 0 Å². The van der Waals surface area contributed by atoms with Crippen LogP contribution in [-0.2, 0) is 20.8 Å². The summed E-state index contributed by atoms with van der Waals surface area (Å²) in [4.78, 5) is 13.8. The molecule has 1 heterocycles. The summed E-state index contributed by atoms with van der Waals surface area (Å²) < 4.78 is 11.0. The summed E-state index contributed by atoms with van der Waals surface area (Å²) in [7, 11) is 0. The lowest BCUT2D eigenvalue weighted by atomic mass is 10.2. The monoisotopic (exact) mass is 263 g/mol. The quantitative estimate of drug-likeness (QED) is 0.738. The van der Waals surface area contributed by atoms with Crippen molar-refractivity contribution in [2.45, 2.75) is 39.2 Å². The van der Waals surface area contributed by atoms with E-state index in [1.807, 2.05) is 49.1 Å². The highest BCUT2D eigenvalue weighted by molar-refractivity contribution is 5.79. The summed E-state index contributed by atoms with van der Waals surface area (Å²) in [5, 5.41) is 0. The van der Waals surface area contributed by atoms with Crippen LogP contribution in [0.2, 0.25) is 0 Å². The van der Waals surface area contributed by atoms with Crippen molar-refractivity contribution in [3.05, 3.63) is 35.9 Å². The van der Waals surface area contributed by atoms with Gasteiger partial charge in [-0.25, -0.2) is 0 Å². The highest BCUT2D eigenvalue weighted by Crippen LogP contribution is 2.18. The Balaban J connectivity index is 1.86. The molecule has 0 radical (unpaired) electrons. The van der Waals surface area contributed by atoms with E-state index in [9.17, 15) is 4.79 Å². The zero-order valence-electron chi connectivity index (χ0n) is 11.5. The van der Waals surface area contributed by atoms with Crippen molar-refractivity contribution >= 4 is 5.91 Å². The van der Waals surface area contributed by atoms with Crippen LogP contribution < -0.4 is 0 Å². The molecule has 2 atom stereocenters. The molecule has 19 heavy (non-hydrogen) atoms. The summed E-state index contributed by atoms with van der Waals surface area (Å²) in [6.07, 6.45) is 0.141. The summed E-state index contributed by atoms with van der Waals surface area (Å²) in [6, 6.07) is 10.0. The molecule has 1 aliphatic heterocycles. The number of ether oxygens (including phenoxy) is 2. The molecule has 1 saturated heterocycles. The summed E-state index contributed by atoms with van der Waals surface area (Å²) in [5.74, 6) is 0.151. The van der Waals surface area contributed by atoms with Crippen LogP contribution in [0.5, 0.6) is 0 Å². The second kappa shape index (κ2) is 6.68. The average molecular weight is 263 g/mol. The number of likely N-dealkylation sites (tertiary alicyclic amines) is 1. The first kappa shape index (κ1) is 14.0. The van der Waals surface area contributed by atoms with E-state index in [2.05, 4.69) is 0 Å². The van der Waals surface area contributed by atoms with Gasteiger partial charge in [-0.1, -0.05) is 30.3 Å². The minimum atomic E-state index is -0.250. The molecule has 0 aromatic heterocycles. The van der Waals surface area contributed by atoms with Crippen molar-refractivity contribution < 1.29 is 14.3 Å². The van der Waals surface area contributed by atoms with Crippen LogP contribution in [0.3, 0.4) is 0 Å². The van der Waals surface area contributed by atoms with Gasteiger partial charge in [0.05, 0.1) is 12.5 Å². The first-order valence-electron chi connectivity index (χ1n) is 6.77. The second-order valence-corrected chi connectivity index (χ2v) is 4.75. The van der Waals surface area contributed by atoms with Gasteiger partial charge in [-0.05, 0) is 19.4 Å². The maximum Gasteiger partial charge on any atom is 0.225 e. The number of hydrogen-bond donors (Lipinski definition) is 0. The van der Waals surface area contributed by atoms with Gasteiger partial charge in [0.1, 0.15) is 0 Å². The first-order valence-corrected chi connectivity index (χ1v) is 6.77. The van der Waals surface area contributed by atoms with Gasteiger partial charge in [-0.3, -0.25) is 4.79 Å². The molecule has 1 aliphatic rings. The van der Waals surface area contributed by atoms with Gasteiger partial charge < -0.3 is 14.4 Å². The molecular weight excluding hydrogens is 242 g/mol. The average Bonchev–Trinajstić information content (AvgIpc) is 2.71. The van der Waals surface area contributed by atoms with Crippen LogP contribution >= 0.6 is 0 Å². The number of hydrogen-bond acceptors (Lipinski definition) is 3. The number of carbonyl (C=O) groups is 1. The van der Waals surface area contributed by atoms with E-state index < -0.39 is 0 Å². The molecule has 0 aliphatic carbocycles. The number of amides is 1. The maximum absolute atomic E-state index is 11.9. The first-order chi connectivity index (χ1) is 9.19. The summed E-state index contributed by atoms with van der Waals surface area (Å²) in [6.45, 7) is 5.72. The molecule has 4 heteroatoms. The van der Waals surface area contributed by atoms with E-state index in [1.54, 1.807) is 0 Å². The van der Waals surface area contributed by atoms with E-state index in [1.165, 1.54) is 0 Å². The smallest absolute Gasteiger partial charge is 0.225 e. The third kappa shape index (κ3) is 4.04. The molecule has 104 valence electrons. The van der Waals surface area contributed by atoms with Gasteiger partial charge in [0.15, 0.2) is 6.29 Å². The molecule has 0 saturated carbocycles. The van der Waals surface area contributed by atoms with Crippen molar-refractivity contribution in [1.29, 1.82) is 0 Å². The Morgan fingerprint density at radius 2 is 2.11 bits per heavy atom. The fourth-order valence-electron chi connectivity index (χ4n) is 2.33. The van der Waals surface area contributed by atoms with Gasteiger partial charge in [0.2, 0.25) is 5.91 Å². The van der Waals surface area contributed by atoms with Gasteiger partial charge in [0.25, 0.3) is 0 Å². The van der Waals surface area contributed by atoms with Crippen LogP contribution in [0.25, 0.3) is 0 Å². The largest absolute Gasteiger partial charge is 0.353 e. The van der Waals surface area contributed by atoms with E-state index in [0.717, 1.165) is 5.56 Å². The summed E-state index contributed by atoms with van der Waals surface area (Å²) >= 11 is 0. The molecule has 1 fully saturated rings. The maximum atomic E-state index is 11.9. The molecule has 0 N–H and O–H groups in total. The Hall–Kier alpha value is -1.39. The number of benzene rings is 1. The normalized spacial score (nSPS) is 20.8. The van der Waals surface area contributed by atoms with Crippen molar-refractivity contribution in [3.8, 4) is 0 Å². The molecule has 1 amide bonds. The molecule has 2 rings (SSSR count). The molecule has 1 aromatic rings. The lowest BCUT2D eigenvalue weighted by molar-refractivity contribution is -0.154. The fraction of sp³-hybridized carbons (Fsp3) is 0.533. The molecule has 1 unspecified atom stereocenters. The molecule has 0 bridgehead atoms. The Morgan fingerprint density at radius 1 is 1.37 bits per heavy atom. The highest BCUT2D eigenvalue weighted by Gasteiger charge is 2.31. The fourth-order valence-corrected chi connectivity index (χ4v) is 2.33. The van der Waals surface area contributed by atoms with Crippen molar-refractivity contribution in [3.63, 3.8) is 0 Å². The van der Waals surface area contributed by atoms with Gasteiger partial charge >= 0.3 is 0 Å². The lowest BCUT2D eigenvalue weighted by Crippen LogP contribution is -2.27. The molecule has 4 nitrogen and oxygen atoms in total. The van der Waals surface area contributed by atoms with Crippen LogP contribution in [0.15, 0.2) is 30.3 Å². The van der Waals surface area contributed by atoms with E-state index in [0.29, 0.717) is 26.1 Å². The van der Waals surface area contributed by atoms with Crippen LogP contribution in [-0.4, -0.2) is 36.4 Å². The third-order valence-electron chi connectivity index (χ3n) is 3.18. The lowest BCUT2D eigenvalue weighted by Gasteiger charge is -2.19. The van der Waals surface area contributed by atoms with E-state index in [4.69, 9.17) is 9.47 Å². The Kier molecular flexibility index (Phi) is 4.93. The topological polar surface area (TPSA) is 38.8 Å². The van der Waals surface area contributed by atoms with E-state index in [-0.39, 0.29) is 18.3 Å². The molecule has 1 aromatic carbocycles. The second-order valence-electron chi connectivity index (χ2n) is 4.75. The van der Waals surface area contributed by atoms with Crippen LogP contribution in [0, 0.1) is 0 Å². The van der Waals surface area contributed by atoms with Crippen LogP contribution in [0.1, 0.15) is 25.8 Å². The third-order valence-corrected chi connectivity index (χ3v) is 3.18. The predicted molar refractivity (Wildman–Crippen MR) is 72.4 cm³/mol. The van der Waals surface area contributed by atoms with Crippen LogP contribution in [0.4, 0.5) is 0 Å². The standard InChI is InChI=1S/C15H21NO3/c1-3-18-12(2)19-14-9-15(17)16(11-14)10-13-7-5-4-6-8-13/h4-8,12,14H,3,9-11H2,1-2H3/t12?,14-/m0/s1. The minimum absolute atomic E-state index is 0.0576. The molecular formula is C15H21NO3. The number of nitrogens with zero attached hydrogens (tertiary/aromatic N) is 1. The predicted octanol–water partition coefficient (Wildman–Crippen LogP) is 2.19. The van der Waals surface area contributed by atoms with Gasteiger partial charge in [-0.2, -0.15) is 0 Å². The number of rotatable bonds is 6. The Morgan fingerprint density at radius 3 is 2.79 bits per heavy atom. The Bertz CT molecular complexity index is 407. The highest BCUT2D eigenvalue weighted by atomic mass is 16.7. The van der Waals surface area contributed by atoms with Crippen molar-refractivity contribution in [1.82, 2.24) is 4.90 Å². The zero-order valence-corrected chi connectivity index (χ0v) is 11.5. The minimum Gasteiger partial charge on any atom is -0.353 e. The van der Waals surface area contributed by atoms with Gasteiger partial charge in [0, 0.05) is 19.7 Å². The van der Waals surface area contributed by atoms with E-state index >= 15 is 0 Å².